The Hall–Kier alpha value is -1.93. The maximum absolute atomic E-state index is 12.5. The number of hydrogen-bond acceptors (Lipinski definition) is 5. The molecule has 1 fully saturated rings. The van der Waals surface area contributed by atoms with Gasteiger partial charge in [0.15, 0.2) is 9.84 Å². The predicted octanol–water partition coefficient (Wildman–Crippen LogP) is 1.19. The van der Waals surface area contributed by atoms with Gasteiger partial charge in [-0.25, -0.2) is 8.42 Å². The second-order valence-electron chi connectivity index (χ2n) is 5.69. The molecule has 1 N–H and O–H groups in total. The number of carboxylic acid groups (broad SMARTS) is 1. The van der Waals surface area contributed by atoms with Crippen molar-refractivity contribution in [3.63, 3.8) is 0 Å². The van der Waals surface area contributed by atoms with Gasteiger partial charge in [-0.3, -0.25) is 9.59 Å². The van der Waals surface area contributed by atoms with Gasteiger partial charge in [0.1, 0.15) is 0 Å². The summed E-state index contributed by atoms with van der Waals surface area (Å²) in [6.45, 7) is 2.67. The zero-order chi connectivity index (χ0) is 17.7. The van der Waals surface area contributed by atoms with Crippen LogP contribution in [0, 0.1) is 0 Å². The number of rotatable bonds is 6. The van der Waals surface area contributed by atoms with E-state index < -0.39 is 21.9 Å². The lowest BCUT2D eigenvalue weighted by atomic mass is 10.1. The molecule has 0 aliphatic carbocycles. The molecule has 1 saturated heterocycles. The van der Waals surface area contributed by atoms with Crippen LogP contribution in [0.3, 0.4) is 0 Å². The van der Waals surface area contributed by atoms with Gasteiger partial charge in [-0.1, -0.05) is 6.92 Å². The SMILES string of the molecule is CCCS(=O)(=O)c1ccc(C(=O)N2CCOC(CC(=O)O)C2)cc1. The molecule has 1 aromatic rings. The van der Waals surface area contributed by atoms with Crippen LogP contribution in [-0.2, 0) is 19.4 Å². The normalized spacial score (nSPS) is 18.4. The third-order valence-electron chi connectivity index (χ3n) is 3.76. The molecule has 8 heteroatoms. The van der Waals surface area contributed by atoms with Gasteiger partial charge < -0.3 is 14.7 Å². The molecule has 1 aliphatic heterocycles. The second kappa shape index (κ2) is 7.76. The van der Waals surface area contributed by atoms with E-state index in [-0.39, 0.29) is 36.1 Å². The van der Waals surface area contributed by atoms with Crippen LogP contribution in [0.5, 0.6) is 0 Å². The first-order valence-electron chi connectivity index (χ1n) is 7.79. The van der Waals surface area contributed by atoms with Gasteiger partial charge in [0.2, 0.25) is 0 Å². The average molecular weight is 355 g/mol. The van der Waals surface area contributed by atoms with Crippen LogP contribution in [0.2, 0.25) is 0 Å². The summed E-state index contributed by atoms with van der Waals surface area (Å²) in [7, 11) is -3.31. The Kier molecular flexibility index (Phi) is 5.95. The standard InChI is InChI=1S/C16H21NO6S/c1-2-9-24(21,22)14-5-3-12(4-6-14)16(20)17-7-8-23-13(11-17)10-15(18)19/h3-6,13H,2,7-11H2,1H3,(H,18,19). The highest BCUT2D eigenvalue weighted by Crippen LogP contribution is 2.16. The van der Waals surface area contributed by atoms with E-state index in [4.69, 9.17) is 9.84 Å². The summed E-state index contributed by atoms with van der Waals surface area (Å²) in [5.74, 6) is -1.16. The van der Waals surface area contributed by atoms with Crippen molar-refractivity contribution in [2.45, 2.75) is 30.8 Å². The van der Waals surface area contributed by atoms with Crippen LogP contribution in [-0.4, -0.2) is 61.9 Å². The molecule has 1 aromatic carbocycles. The topological polar surface area (TPSA) is 101 Å². The fourth-order valence-electron chi connectivity index (χ4n) is 2.60. The van der Waals surface area contributed by atoms with Crippen molar-refractivity contribution < 1.29 is 27.9 Å². The van der Waals surface area contributed by atoms with Crippen LogP contribution < -0.4 is 0 Å². The fourth-order valence-corrected chi connectivity index (χ4v) is 3.92. The molecule has 1 amide bonds. The van der Waals surface area contributed by atoms with Crippen molar-refractivity contribution >= 4 is 21.7 Å². The molecule has 0 spiro atoms. The summed E-state index contributed by atoms with van der Waals surface area (Å²) in [6.07, 6.45) is -0.149. The number of sulfone groups is 1. The first-order chi connectivity index (χ1) is 11.3. The third kappa shape index (κ3) is 4.55. The quantitative estimate of drug-likeness (QED) is 0.822. The van der Waals surface area contributed by atoms with Gasteiger partial charge in [0.05, 0.1) is 29.8 Å². The minimum atomic E-state index is -3.31. The van der Waals surface area contributed by atoms with Crippen LogP contribution in [0.25, 0.3) is 0 Å². The number of benzene rings is 1. The fraction of sp³-hybridized carbons (Fsp3) is 0.500. The highest BCUT2D eigenvalue weighted by atomic mass is 32.2. The molecule has 1 aliphatic rings. The average Bonchev–Trinajstić information content (AvgIpc) is 2.54. The molecule has 2 rings (SSSR count). The molecule has 0 saturated carbocycles. The monoisotopic (exact) mass is 355 g/mol. The molecule has 24 heavy (non-hydrogen) atoms. The smallest absolute Gasteiger partial charge is 0.306 e. The van der Waals surface area contributed by atoms with Crippen molar-refractivity contribution in [2.75, 3.05) is 25.4 Å². The maximum atomic E-state index is 12.5. The van der Waals surface area contributed by atoms with E-state index in [1.165, 1.54) is 29.2 Å². The largest absolute Gasteiger partial charge is 0.481 e. The zero-order valence-electron chi connectivity index (χ0n) is 13.5. The number of carboxylic acids is 1. The number of carbonyl (C=O) groups is 2. The Morgan fingerprint density at radius 2 is 1.96 bits per heavy atom. The third-order valence-corrected chi connectivity index (χ3v) is 5.70. The molecular weight excluding hydrogens is 334 g/mol. The first kappa shape index (κ1) is 18.4. The molecule has 1 unspecified atom stereocenters. The lowest BCUT2D eigenvalue weighted by molar-refractivity contribution is -0.141. The highest BCUT2D eigenvalue weighted by molar-refractivity contribution is 7.91. The minimum absolute atomic E-state index is 0.0701. The number of ether oxygens (including phenoxy) is 1. The number of carbonyl (C=O) groups excluding carboxylic acids is 1. The minimum Gasteiger partial charge on any atom is -0.481 e. The predicted molar refractivity (Wildman–Crippen MR) is 86.7 cm³/mol. The number of nitrogens with zero attached hydrogens (tertiary/aromatic N) is 1. The molecular formula is C16H21NO6S. The van der Waals surface area contributed by atoms with E-state index in [1.807, 2.05) is 0 Å². The van der Waals surface area contributed by atoms with E-state index in [1.54, 1.807) is 6.92 Å². The summed E-state index contributed by atoms with van der Waals surface area (Å²) >= 11 is 0. The Labute approximate surface area is 141 Å². The van der Waals surface area contributed by atoms with Gasteiger partial charge in [0, 0.05) is 18.7 Å². The summed E-state index contributed by atoms with van der Waals surface area (Å²) in [5, 5.41) is 8.82. The Balaban J connectivity index is 2.08. The number of morpholine rings is 1. The maximum Gasteiger partial charge on any atom is 0.306 e. The van der Waals surface area contributed by atoms with Crippen molar-refractivity contribution in [3.8, 4) is 0 Å². The van der Waals surface area contributed by atoms with E-state index in [2.05, 4.69) is 0 Å². The van der Waals surface area contributed by atoms with Crippen molar-refractivity contribution in [1.82, 2.24) is 4.90 Å². The molecule has 1 heterocycles. The molecule has 7 nitrogen and oxygen atoms in total. The molecule has 132 valence electrons. The molecule has 0 aromatic heterocycles. The molecule has 0 radical (unpaired) electrons. The highest BCUT2D eigenvalue weighted by Gasteiger charge is 2.26. The lowest BCUT2D eigenvalue weighted by Gasteiger charge is -2.32. The van der Waals surface area contributed by atoms with Crippen molar-refractivity contribution in [3.05, 3.63) is 29.8 Å². The lowest BCUT2D eigenvalue weighted by Crippen LogP contribution is -2.46. The summed E-state index contributed by atoms with van der Waals surface area (Å²) < 4.78 is 29.3. The van der Waals surface area contributed by atoms with Gasteiger partial charge in [-0.05, 0) is 30.7 Å². The van der Waals surface area contributed by atoms with Gasteiger partial charge in [-0.2, -0.15) is 0 Å². The van der Waals surface area contributed by atoms with Crippen LogP contribution in [0.4, 0.5) is 0 Å². The number of aliphatic carboxylic acids is 1. The van der Waals surface area contributed by atoms with Gasteiger partial charge in [0.25, 0.3) is 5.91 Å². The van der Waals surface area contributed by atoms with Gasteiger partial charge in [-0.15, -0.1) is 0 Å². The second-order valence-corrected chi connectivity index (χ2v) is 7.79. The van der Waals surface area contributed by atoms with E-state index in [0.717, 1.165) is 0 Å². The summed E-state index contributed by atoms with van der Waals surface area (Å²) in [5.41, 5.74) is 0.376. The van der Waals surface area contributed by atoms with E-state index in [0.29, 0.717) is 18.5 Å². The number of amides is 1. The molecule has 1 atom stereocenters. The van der Waals surface area contributed by atoms with Crippen LogP contribution in [0.1, 0.15) is 30.1 Å². The summed E-state index contributed by atoms with van der Waals surface area (Å²) in [4.78, 5) is 25.0. The van der Waals surface area contributed by atoms with Crippen LogP contribution >= 0.6 is 0 Å². The zero-order valence-corrected chi connectivity index (χ0v) is 14.3. The Morgan fingerprint density at radius 3 is 2.54 bits per heavy atom. The van der Waals surface area contributed by atoms with E-state index >= 15 is 0 Å². The van der Waals surface area contributed by atoms with Gasteiger partial charge >= 0.3 is 5.97 Å². The van der Waals surface area contributed by atoms with Crippen LogP contribution in [0.15, 0.2) is 29.2 Å². The first-order valence-corrected chi connectivity index (χ1v) is 9.44. The summed E-state index contributed by atoms with van der Waals surface area (Å²) in [6, 6.07) is 5.86. The number of hydrogen-bond donors (Lipinski definition) is 1. The Morgan fingerprint density at radius 1 is 1.29 bits per heavy atom. The van der Waals surface area contributed by atoms with Crippen molar-refractivity contribution in [2.24, 2.45) is 0 Å². The van der Waals surface area contributed by atoms with Crippen molar-refractivity contribution in [1.29, 1.82) is 0 Å². The Bertz CT molecular complexity index is 698. The molecule has 0 bridgehead atoms. The van der Waals surface area contributed by atoms with E-state index in [9.17, 15) is 18.0 Å².